The minimum Gasteiger partial charge on any atom is -0.386 e. The molecule has 0 saturated heterocycles. The number of alkyl halides is 1. The fourth-order valence-corrected chi connectivity index (χ4v) is 1.58. The number of allylic oxidation sites excluding steroid dienone is 1. The fraction of sp³-hybridized carbons (Fsp3) is 0.882. The van der Waals surface area contributed by atoms with Crippen molar-refractivity contribution in [3.05, 3.63) is 12.3 Å². The normalized spacial score (nSPS) is 12.8. The van der Waals surface area contributed by atoms with Gasteiger partial charge in [0.05, 0.1) is 39.6 Å². The molecule has 0 bridgehead atoms. The molecule has 0 fully saturated rings. The average molecular weight is 334 g/mol. The van der Waals surface area contributed by atoms with Gasteiger partial charge in [-0.15, -0.1) is 0 Å². The summed E-state index contributed by atoms with van der Waals surface area (Å²) < 4.78 is 29.5. The highest BCUT2D eigenvalue weighted by atomic mass is 19.1. The zero-order chi connectivity index (χ0) is 17.5. The van der Waals surface area contributed by atoms with E-state index in [0.717, 1.165) is 12.2 Å². The third-order valence-corrected chi connectivity index (χ3v) is 3.09. The Morgan fingerprint density at radius 3 is 2.09 bits per heavy atom. The maximum Gasteiger partial charge on any atom is 0.140 e. The van der Waals surface area contributed by atoms with Crippen LogP contribution in [0.3, 0.4) is 0 Å². The molecular weight excluding hydrogens is 299 g/mol. The second kappa shape index (κ2) is 14.9. The van der Waals surface area contributed by atoms with E-state index < -0.39 is 6.17 Å². The van der Waals surface area contributed by atoms with E-state index in [1.165, 1.54) is 0 Å². The maximum atomic E-state index is 13.5. The summed E-state index contributed by atoms with van der Waals surface area (Å²) in [6.07, 6.45) is -1.04. The molecule has 23 heavy (non-hydrogen) atoms. The van der Waals surface area contributed by atoms with Crippen molar-refractivity contribution in [1.82, 2.24) is 10.6 Å². The first-order valence-corrected chi connectivity index (χ1v) is 8.46. The Hall–Kier alpha value is -0.690. The lowest BCUT2D eigenvalue weighted by Crippen LogP contribution is -2.28. The van der Waals surface area contributed by atoms with E-state index >= 15 is 0 Å². The van der Waals surface area contributed by atoms with Crippen molar-refractivity contribution in [2.45, 2.75) is 39.9 Å². The van der Waals surface area contributed by atoms with Crippen LogP contribution in [0.4, 0.5) is 4.39 Å². The highest BCUT2D eigenvalue weighted by Gasteiger charge is 2.08. The number of rotatable bonds is 16. The van der Waals surface area contributed by atoms with Crippen LogP contribution >= 0.6 is 0 Å². The minimum absolute atomic E-state index is 0.0686. The molecule has 0 rings (SSSR count). The van der Waals surface area contributed by atoms with Crippen molar-refractivity contribution in [2.24, 2.45) is 5.92 Å². The Bertz CT molecular complexity index is 289. The molecule has 6 heteroatoms. The highest BCUT2D eigenvalue weighted by Crippen LogP contribution is 2.02. The van der Waals surface area contributed by atoms with Gasteiger partial charge in [-0.3, -0.25) is 0 Å². The summed E-state index contributed by atoms with van der Waals surface area (Å²) in [5.74, 6) is 0.305. The lowest BCUT2D eigenvalue weighted by molar-refractivity contribution is 0.00430. The van der Waals surface area contributed by atoms with Crippen LogP contribution in [0.5, 0.6) is 0 Å². The number of halogens is 1. The van der Waals surface area contributed by atoms with Crippen molar-refractivity contribution < 1.29 is 18.6 Å². The zero-order valence-electron chi connectivity index (χ0n) is 15.2. The summed E-state index contributed by atoms with van der Waals surface area (Å²) in [6.45, 7) is 15.8. The van der Waals surface area contributed by atoms with Gasteiger partial charge < -0.3 is 24.8 Å². The van der Waals surface area contributed by atoms with Crippen LogP contribution in [-0.4, -0.2) is 64.9 Å². The van der Waals surface area contributed by atoms with E-state index in [9.17, 15) is 4.39 Å². The molecule has 5 nitrogen and oxygen atoms in total. The average Bonchev–Trinajstić information content (AvgIpc) is 2.49. The molecule has 138 valence electrons. The van der Waals surface area contributed by atoms with Gasteiger partial charge in [0.1, 0.15) is 6.17 Å². The maximum absolute atomic E-state index is 13.5. The summed E-state index contributed by atoms with van der Waals surface area (Å²) in [6, 6.07) is 0.477. The second-order valence-corrected chi connectivity index (χ2v) is 6.07. The molecule has 0 amide bonds. The third-order valence-electron chi connectivity index (χ3n) is 3.09. The van der Waals surface area contributed by atoms with Crippen molar-refractivity contribution in [2.75, 3.05) is 52.7 Å². The Morgan fingerprint density at radius 2 is 1.52 bits per heavy atom. The van der Waals surface area contributed by atoms with E-state index in [1.54, 1.807) is 0 Å². The van der Waals surface area contributed by atoms with E-state index in [4.69, 9.17) is 14.2 Å². The molecule has 0 aliphatic rings. The number of ether oxygens (including phenoxy) is 3. The Kier molecular flexibility index (Phi) is 14.4. The molecule has 0 radical (unpaired) electrons. The van der Waals surface area contributed by atoms with Gasteiger partial charge in [-0.05, 0) is 5.92 Å². The van der Waals surface area contributed by atoms with Gasteiger partial charge in [0.2, 0.25) is 0 Å². The molecule has 2 N–H and O–H groups in total. The van der Waals surface area contributed by atoms with Crippen LogP contribution in [0.15, 0.2) is 12.3 Å². The van der Waals surface area contributed by atoms with Crippen LogP contribution in [-0.2, 0) is 14.2 Å². The standard InChI is InChI=1S/C17H35FN2O3/c1-14(2)16(5)20-12-17(18)13-23-11-10-22-9-8-21-7-6-19-15(3)4/h14-15,17,19-20H,5-13H2,1-4H3. The SMILES string of the molecule is C=C(NCC(F)COCCOCCOCCNC(C)C)C(C)C. The molecule has 1 unspecified atom stereocenters. The van der Waals surface area contributed by atoms with Crippen LogP contribution < -0.4 is 10.6 Å². The molecule has 0 saturated carbocycles. The van der Waals surface area contributed by atoms with Crippen molar-refractivity contribution >= 4 is 0 Å². The summed E-state index contributed by atoms with van der Waals surface area (Å²) in [7, 11) is 0. The van der Waals surface area contributed by atoms with Gasteiger partial charge in [0.25, 0.3) is 0 Å². The van der Waals surface area contributed by atoms with Gasteiger partial charge in [-0.2, -0.15) is 0 Å². The van der Waals surface area contributed by atoms with E-state index in [0.29, 0.717) is 45.0 Å². The minimum atomic E-state index is -1.04. The third kappa shape index (κ3) is 16.0. The first kappa shape index (κ1) is 22.3. The Labute approximate surface area is 140 Å². The molecule has 0 aliphatic heterocycles. The first-order valence-electron chi connectivity index (χ1n) is 8.46. The van der Waals surface area contributed by atoms with Gasteiger partial charge in [0, 0.05) is 24.8 Å². The first-order chi connectivity index (χ1) is 10.9. The molecule has 1 atom stereocenters. The van der Waals surface area contributed by atoms with Crippen molar-refractivity contribution in [3.8, 4) is 0 Å². The molecule has 0 heterocycles. The Morgan fingerprint density at radius 1 is 0.957 bits per heavy atom. The van der Waals surface area contributed by atoms with E-state index in [2.05, 4.69) is 31.1 Å². The van der Waals surface area contributed by atoms with Crippen LogP contribution in [0, 0.1) is 5.92 Å². The van der Waals surface area contributed by atoms with Gasteiger partial charge in [0.15, 0.2) is 0 Å². The summed E-state index contributed by atoms with van der Waals surface area (Å²) >= 11 is 0. The second-order valence-electron chi connectivity index (χ2n) is 6.07. The monoisotopic (exact) mass is 334 g/mol. The highest BCUT2D eigenvalue weighted by molar-refractivity contribution is 4.94. The van der Waals surface area contributed by atoms with Crippen molar-refractivity contribution in [1.29, 1.82) is 0 Å². The zero-order valence-corrected chi connectivity index (χ0v) is 15.2. The van der Waals surface area contributed by atoms with E-state index in [-0.39, 0.29) is 13.2 Å². The Balaban J connectivity index is 3.25. The number of hydrogen-bond donors (Lipinski definition) is 2. The predicted octanol–water partition coefficient (Wildman–Crippen LogP) is 2.13. The van der Waals surface area contributed by atoms with Gasteiger partial charge in [-0.25, -0.2) is 4.39 Å². The summed E-state index contributed by atoms with van der Waals surface area (Å²) in [5.41, 5.74) is 0.847. The molecule has 0 aliphatic carbocycles. The molecule has 0 aromatic heterocycles. The predicted molar refractivity (Wildman–Crippen MR) is 92.5 cm³/mol. The summed E-state index contributed by atoms with van der Waals surface area (Å²) in [5, 5.41) is 6.24. The smallest absolute Gasteiger partial charge is 0.140 e. The van der Waals surface area contributed by atoms with Crippen LogP contribution in [0.25, 0.3) is 0 Å². The molecule has 0 aromatic carbocycles. The number of hydrogen-bond acceptors (Lipinski definition) is 5. The van der Waals surface area contributed by atoms with Crippen LogP contribution in [0.2, 0.25) is 0 Å². The lowest BCUT2D eigenvalue weighted by Gasteiger charge is -2.15. The molecular formula is C17H35FN2O3. The fourth-order valence-electron chi connectivity index (χ4n) is 1.58. The quantitative estimate of drug-likeness (QED) is 0.424. The van der Waals surface area contributed by atoms with Crippen molar-refractivity contribution in [3.63, 3.8) is 0 Å². The topological polar surface area (TPSA) is 51.8 Å². The van der Waals surface area contributed by atoms with Gasteiger partial charge >= 0.3 is 0 Å². The molecule has 0 spiro atoms. The van der Waals surface area contributed by atoms with Gasteiger partial charge in [-0.1, -0.05) is 34.3 Å². The van der Waals surface area contributed by atoms with Crippen LogP contribution in [0.1, 0.15) is 27.7 Å². The largest absolute Gasteiger partial charge is 0.386 e. The number of nitrogens with one attached hydrogen (secondary N) is 2. The molecule has 0 aromatic rings. The summed E-state index contributed by atoms with van der Waals surface area (Å²) in [4.78, 5) is 0. The lowest BCUT2D eigenvalue weighted by atomic mass is 10.1. The van der Waals surface area contributed by atoms with E-state index in [1.807, 2.05) is 13.8 Å².